The summed E-state index contributed by atoms with van der Waals surface area (Å²) < 4.78 is 0. The van der Waals surface area contributed by atoms with Crippen LogP contribution in [0.2, 0.25) is 0 Å². The molecule has 0 aromatic heterocycles. The molecule has 0 bridgehead atoms. The van der Waals surface area contributed by atoms with Gasteiger partial charge in [0.15, 0.2) is 0 Å². The number of nitrogens with zero attached hydrogens (tertiary/aromatic N) is 3. The summed E-state index contributed by atoms with van der Waals surface area (Å²) in [5, 5.41) is 10.4. The van der Waals surface area contributed by atoms with E-state index in [1.54, 1.807) is 0 Å². The molecule has 23 heavy (non-hydrogen) atoms. The van der Waals surface area contributed by atoms with Crippen LogP contribution in [-0.2, 0) is 0 Å². The Morgan fingerprint density at radius 2 is 1.70 bits per heavy atom. The Kier molecular flexibility index (Phi) is 6.06. The molecule has 2 heterocycles. The van der Waals surface area contributed by atoms with Gasteiger partial charge in [0.2, 0.25) is 0 Å². The van der Waals surface area contributed by atoms with Crippen molar-refractivity contribution in [2.45, 2.75) is 31.4 Å². The van der Waals surface area contributed by atoms with Crippen LogP contribution in [0.1, 0.15) is 30.9 Å². The monoisotopic (exact) mass is 317 g/mol. The number of aliphatic hydroxyl groups is 1. The molecule has 0 aliphatic carbocycles. The van der Waals surface area contributed by atoms with Gasteiger partial charge in [-0.2, -0.15) is 0 Å². The van der Waals surface area contributed by atoms with Gasteiger partial charge >= 0.3 is 0 Å². The SMILES string of the molecule is CN1CCCCC1CN1CCN(CC(O)c2ccccc2)CC1. The lowest BCUT2D eigenvalue weighted by molar-refractivity contribution is 0.0552. The first-order valence-electron chi connectivity index (χ1n) is 9.10. The Hall–Kier alpha value is -0.940. The Labute approximate surface area is 140 Å². The summed E-state index contributed by atoms with van der Waals surface area (Å²) in [7, 11) is 2.27. The van der Waals surface area contributed by atoms with Crippen molar-refractivity contribution in [3.05, 3.63) is 35.9 Å². The second-order valence-corrected chi connectivity index (χ2v) is 7.16. The van der Waals surface area contributed by atoms with Crippen molar-refractivity contribution in [3.8, 4) is 0 Å². The molecule has 2 saturated heterocycles. The van der Waals surface area contributed by atoms with E-state index in [1.807, 2.05) is 30.3 Å². The van der Waals surface area contributed by atoms with Gasteiger partial charge in [-0.05, 0) is 32.0 Å². The largest absolute Gasteiger partial charge is 0.387 e. The van der Waals surface area contributed by atoms with Gasteiger partial charge in [0.1, 0.15) is 0 Å². The number of hydrogen-bond donors (Lipinski definition) is 1. The molecule has 2 unspecified atom stereocenters. The zero-order valence-corrected chi connectivity index (χ0v) is 14.4. The van der Waals surface area contributed by atoms with E-state index in [2.05, 4.69) is 21.7 Å². The van der Waals surface area contributed by atoms with Crippen LogP contribution in [0.5, 0.6) is 0 Å². The molecule has 0 amide bonds. The normalized spacial score (nSPS) is 26.3. The minimum Gasteiger partial charge on any atom is -0.387 e. The summed E-state index contributed by atoms with van der Waals surface area (Å²) in [6.07, 6.45) is 3.73. The molecule has 1 N–H and O–H groups in total. The Balaban J connectivity index is 1.41. The molecule has 4 nitrogen and oxygen atoms in total. The number of benzene rings is 1. The number of likely N-dealkylation sites (N-methyl/N-ethyl adjacent to an activating group) is 1. The molecule has 1 aromatic rings. The molecule has 1 aromatic carbocycles. The van der Waals surface area contributed by atoms with E-state index in [4.69, 9.17) is 0 Å². The highest BCUT2D eigenvalue weighted by atomic mass is 16.3. The maximum atomic E-state index is 10.4. The first-order chi connectivity index (χ1) is 11.2. The van der Waals surface area contributed by atoms with E-state index >= 15 is 0 Å². The van der Waals surface area contributed by atoms with Gasteiger partial charge < -0.3 is 10.0 Å². The summed E-state index contributed by atoms with van der Waals surface area (Å²) >= 11 is 0. The number of piperidine rings is 1. The zero-order chi connectivity index (χ0) is 16.1. The van der Waals surface area contributed by atoms with E-state index in [0.29, 0.717) is 0 Å². The van der Waals surface area contributed by atoms with Gasteiger partial charge in [0.05, 0.1) is 6.10 Å². The highest BCUT2D eigenvalue weighted by Gasteiger charge is 2.25. The van der Waals surface area contributed by atoms with Crippen LogP contribution in [-0.4, -0.2) is 78.7 Å². The van der Waals surface area contributed by atoms with Crippen molar-refractivity contribution < 1.29 is 5.11 Å². The van der Waals surface area contributed by atoms with Crippen molar-refractivity contribution in [2.24, 2.45) is 0 Å². The standard InChI is InChI=1S/C19H31N3O/c1-20-10-6-5-9-18(20)15-21-11-13-22(14-12-21)16-19(23)17-7-3-2-4-8-17/h2-4,7-8,18-19,23H,5-6,9-16H2,1H3. The maximum absolute atomic E-state index is 10.4. The second kappa shape index (κ2) is 8.25. The lowest BCUT2D eigenvalue weighted by Gasteiger charge is -2.40. The third kappa shape index (κ3) is 4.77. The van der Waals surface area contributed by atoms with Crippen molar-refractivity contribution in [1.29, 1.82) is 0 Å². The van der Waals surface area contributed by atoms with Crippen molar-refractivity contribution >= 4 is 0 Å². The van der Waals surface area contributed by atoms with E-state index in [0.717, 1.165) is 44.3 Å². The molecule has 0 spiro atoms. The Morgan fingerprint density at radius 1 is 1.00 bits per heavy atom. The summed E-state index contributed by atoms with van der Waals surface area (Å²) in [6, 6.07) is 10.8. The third-order valence-electron chi connectivity index (χ3n) is 5.47. The summed E-state index contributed by atoms with van der Waals surface area (Å²) in [5.74, 6) is 0. The molecular weight excluding hydrogens is 286 g/mol. The molecular formula is C19H31N3O. The molecule has 2 atom stereocenters. The number of rotatable bonds is 5. The molecule has 0 radical (unpaired) electrons. The fraction of sp³-hybridized carbons (Fsp3) is 0.684. The molecule has 0 saturated carbocycles. The maximum Gasteiger partial charge on any atom is 0.0916 e. The second-order valence-electron chi connectivity index (χ2n) is 7.16. The van der Waals surface area contributed by atoms with Crippen LogP contribution in [0, 0.1) is 0 Å². The van der Waals surface area contributed by atoms with E-state index < -0.39 is 0 Å². The van der Waals surface area contributed by atoms with Crippen LogP contribution in [0.3, 0.4) is 0 Å². The van der Waals surface area contributed by atoms with Crippen molar-refractivity contribution in [2.75, 3.05) is 52.9 Å². The van der Waals surface area contributed by atoms with Gasteiger partial charge in [0, 0.05) is 45.3 Å². The van der Waals surface area contributed by atoms with Crippen LogP contribution >= 0.6 is 0 Å². The van der Waals surface area contributed by atoms with Crippen LogP contribution in [0.4, 0.5) is 0 Å². The van der Waals surface area contributed by atoms with Gasteiger partial charge in [-0.15, -0.1) is 0 Å². The Bertz CT molecular complexity index is 459. The van der Waals surface area contributed by atoms with Crippen LogP contribution in [0.25, 0.3) is 0 Å². The predicted molar refractivity (Wildman–Crippen MR) is 94.6 cm³/mol. The topological polar surface area (TPSA) is 30.0 Å². The van der Waals surface area contributed by atoms with E-state index in [-0.39, 0.29) is 6.10 Å². The lowest BCUT2D eigenvalue weighted by atomic mass is 10.0. The lowest BCUT2D eigenvalue weighted by Crippen LogP contribution is -2.52. The number of likely N-dealkylation sites (tertiary alicyclic amines) is 1. The molecule has 4 heteroatoms. The number of piperazine rings is 1. The average molecular weight is 317 g/mol. The fourth-order valence-corrected chi connectivity index (χ4v) is 3.85. The molecule has 2 aliphatic rings. The summed E-state index contributed by atoms with van der Waals surface area (Å²) in [5.41, 5.74) is 1.03. The van der Waals surface area contributed by atoms with Gasteiger partial charge in [-0.3, -0.25) is 9.80 Å². The van der Waals surface area contributed by atoms with Crippen molar-refractivity contribution in [3.63, 3.8) is 0 Å². The van der Waals surface area contributed by atoms with Gasteiger partial charge in [0.25, 0.3) is 0 Å². The Morgan fingerprint density at radius 3 is 2.39 bits per heavy atom. The summed E-state index contributed by atoms with van der Waals surface area (Å²) in [6.45, 7) is 7.62. The smallest absolute Gasteiger partial charge is 0.0916 e. The quantitative estimate of drug-likeness (QED) is 0.897. The third-order valence-corrected chi connectivity index (χ3v) is 5.47. The first-order valence-corrected chi connectivity index (χ1v) is 9.10. The number of β-amino-alcohol motifs (C(OH)–C–C–N with tert-alkyl or cyclic N) is 1. The molecule has 3 rings (SSSR count). The van der Waals surface area contributed by atoms with Crippen LogP contribution < -0.4 is 0 Å². The molecule has 2 fully saturated rings. The minimum absolute atomic E-state index is 0.368. The van der Waals surface area contributed by atoms with Crippen LogP contribution in [0.15, 0.2) is 30.3 Å². The summed E-state index contributed by atoms with van der Waals surface area (Å²) in [4.78, 5) is 7.55. The minimum atomic E-state index is -0.368. The van der Waals surface area contributed by atoms with Crippen molar-refractivity contribution in [1.82, 2.24) is 14.7 Å². The molecule has 128 valence electrons. The fourth-order valence-electron chi connectivity index (χ4n) is 3.85. The predicted octanol–water partition coefficient (Wildman–Crippen LogP) is 1.82. The zero-order valence-electron chi connectivity index (χ0n) is 14.4. The highest BCUT2D eigenvalue weighted by molar-refractivity contribution is 5.17. The van der Waals surface area contributed by atoms with Gasteiger partial charge in [-0.25, -0.2) is 0 Å². The van der Waals surface area contributed by atoms with E-state index in [9.17, 15) is 5.11 Å². The van der Waals surface area contributed by atoms with Gasteiger partial charge in [-0.1, -0.05) is 36.8 Å². The molecule has 2 aliphatic heterocycles. The highest BCUT2D eigenvalue weighted by Crippen LogP contribution is 2.18. The number of hydrogen-bond acceptors (Lipinski definition) is 4. The first kappa shape index (κ1) is 16.9. The van der Waals surface area contributed by atoms with E-state index in [1.165, 1.54) is 32.4 Å². The number of aliphatic hydroxyl groups excluding tert-OH is 1. The average Bonchev–Trinajstić information content (AvgIpc) is 2.59.